The van der Waals surface area contributed by atoms with Gasteiger partial charge in [-0.25, -0.2) is 14.2 Å². The molecule has 0 N–H and O–H groups in total. The van der Waals surface area contributed by atoms with Crippen LogP contribution in [0.25, 0.3) is 0 Å². The lowest BCUT2D eigenvalue weighted by molar-refractivity contribution is 0.617. The van der Waals surface area contributed by atoms with Crippen LogP contribution in [0.4, 0.5) is 16.0 Å². The fourth-order valence-corrected chi connectivity index (χ4v) is 3.92. The molecule has 0 bridgehead atoms. The van der Waals surface area contributed by atoms with E-state index in [1.54, 1.807) is 18.2 Å². The van der Waals surface area contributed by atoms with E-state index >= 15 is 0 Å². The number of anilines is 2. The minimum Gasteiger partial charge on any atom is -0.368 e. The summed E-state index contributed by atoms with van der Waals surface area (Å²) >= 11 is 1.35. The molecule has 3 heterocycles. The number of nitriles is 1. The van der Waals surface area contributed by atoms with Crippen molar-refractivity contribution in [2.45, 2.75) is 6.54 Å². The summed E-state index contributed by atoms with van der Waals surface area (Å²) in [5, 5.41) is 8.90. The van der Waals surface area contributed by atoms with E-state index in [-0.39, 0.29) is 11.5 Å². The molecule has 7 nitrogen and oxygen atoms in total. The van der Waals surface area contributed by atoms with Gasteiger partial charge in [0, 0.05) is 36.7 Å². The first-order chi connectivity index (χ1) is 13.6. The zero-order chi connectivity index (χ0) is 19.5. The first-order valence-electron chi connectivity index (χ1n) is 8.80. The van der Waals surface area contributed by atoms with Crippen molar-refractivity contribution >= 4 is 23.0 Å². The summed E-state index contributed by atoms with van der Waals surface area (Å²) in [6, 6.07) is 12.1. The highest BCUT2D eigenvalue weighted by molar-refractivity contribution is 7.12. The zero-order valence-electron chi connectivity index (χ0n) is 15.0. The molecule has 3 aromatic rings. The Bertz CT molecular complexity index is 1060. The fraction of sp³-hybridized carbons (Fsp3) is 0.263. The van der Waals surface area contributed by atoms with Crippen LogP contribution in [0.3, 0.4) is 0 Å². The Kier molecular flexibility index (Phi) is 5.04. The highest BCUT2D eigenvalue weighted by Gasteiger charge is 2.20. The van der Waals surface area contributed by atoms with Gasteiger partial charge in [0.25, 0.3) is 0 Å². The van der Waals surface area contributed by atoms with Crippen LogP contribution in [0.5, 0.6) is 0 Å². The van der Waals surface area contributed by atoms with Crippen molar-refractivity contribution in [3.63, 3.8) is 0 Å². The van der Waals surface area contributed by atoms with Crippen LogP contribution in [0, 0.1) is 17.1 Å². The van der Waals surface area contributed by atoms with Crippen molar-refractivity contribution in [3.05, 3.63) is 68.8 Å². The van der Waals surface area contributed by atoms with E-state index in [2.05, 4.69) is 20.9 Å². The molecule has 1 fully saturated rings. The number of rotatable bonds is 4. The highest BCUT2D eigenvalue weighted by Crippen LogP contribution is 2.19. The van der Waals surface area contributed by atoms with Gasteiger partial charge in [0.05, 0.1) is 6.54 Å². The molecule has 2 aromatic heterocycles. The molecule has 0 aliphatic carbocycles. The molecule has 0 spiro atoms. The molecular formula is C19H17FN6OS. The summed E-state index contributed by atoms with van der Waals surface area (Å²) in [6.45, 7) is 3.19. The average molecular weight is 396 g/mol. The Balaban J connectivity index is 1.41. The third-order valence-corrected chi connectivity index (χ3v) is 5.58. The quantitative estimate of drug-likeness (QED) is 0.672. The lowest BCUT2D eigenvalue weighted by Crippen LogP contribution is -2.47. The second-order valence-corrected chi connectivity index (χ2v) is 7.56. The second-order valence-electron chi connectivity index (χ2n) is 6.40. The number of hydrogen-bond donors (Lipinski definition) is 0. The summed E-state index contributed by atoms with van der Waals surface area (Å²) in [5.41, 5.74) is 0.614. The Morgan fingerprint density at radius 2 is 1.79 bits per heavy atom. The number of piperazine rings is 1. The predicted molar refractivity (Wildman–Crippen MR) is 105 cm³/mol. The summed E-state index contributed by atoms with van der Waals surface area (Å²) < 4.78 is 14.5. The van der Waals surface area contributed by atoms with Gasteiger partial charge in [-0.3, -0.25) is 4.57 Å². The highest BCUT2D eigenvalue weighted by atomic mass is 32.1. The predicted octanol–water partition coefficient (Wildman–Crippen LogP) is 2.09. The summed E-state index contributed by atoms with van der Waals surface area (Å²) in [6.07, 6.45) is 1.50. The number of nitrogens with zero attached hydrogens (tertiary/aromatic N) is 6. The van der Waals surface area contributed by atoms with Gasteiger partial charge < -0.3 is 9.80 Å². The van der Waals surface area contributed by atoms with Gasteiger partial charge in [0.1, 0.15) is 23.1 Å². The fourth-order valence-electron chi connectivity index (χ4n) is 3.12. The number of aromatic nitrogens is 3. The topological polar surface area (TPSA) is 78.1 Å². The van der Waals surface area contributed by atoms with E-state index < -0.39 is 0 Å². The smallest absolute Gasteiger partial charge is 0.352 e. The Morgan fingerprint density at radius 1 is 1.07 bits per heavy atom. The molecule has 28 heavy (non-hydrogen) atoms. The van der Waals surface area contributed by atoms with Crippen LogP contribution in [0.15, 0.2) is 47.5 Å². The first kappa shape index (κ1) is 18.1. The normalized spacial score (nSPS) is 14.1. The Hall–Kier alpha value is -3.25. The maximum absolute atomic E-state index is 13.1. The number of hydrogen-bond acceptors (Lipinski definition) is 7. The van der Waals surface area contributed by atoms with E-state index in [4.69, 9.17) is 5.26 Å². The molecule has 0 unspecified atom stereocenters. The van der Waals surface area contributed by atoms with E-state index in [1.165, 1.54) is 34.4 Å². The summed E-state index contributed by atoms with van der Waals surface area (Å²) in [5.74, 6) is 0.173. The van der Waals surface area contributed by atoms with Crippen LogP contribution in [0.2, 0.25) is 0 Å². The van der Waals surface area contributed by atoms with E-state index in [9.17, 15) is 9.18 Å². The SMILES string of the molecule is N#Cc1ccc(Cn2cnc(N3CCN(c4ccc(F)cc4)CC3)nc2=O)s1. The second kappa shape index (κ2) is 7.78. The molecule has 0 amide bonds. The molecule has 1 aliphatic rings. The molecule has 9 heteroatoms. The largest absolute Gasteiger partial charge is 0.368 e. The van der Waals surface area contributed by atoms with Crippen molar-refractivity contribution < 1.29 is 4.39 Å². The van der Waals surface area contributed by atoms with Crippen LogP contribution in [-0.2, 0) is 6.54 Å². The minimum atomic E-state index is -0.363. The Morgan fingerprint density at radius 3 is 2.43 bits per heavy atom. The van der Waals surface area contributed by atoms with Gasteiger partial charge in [0.2, 0.25) is 5.95 Å². The minimum absolute atomic E-state index is 0.247. The first-order valence-corrected chi connectivity index (χ1v) is 9.62. The zero-order valence-corrected chi connectivity index (χ0v) is 15.8. The van der Waals surface area contributed by atoms with Gasteiger partial charge in [-0.2, -0.15) is 10.2 Å². The van der Waals surface area contributed by atoms with Crippen molar-refractivity contribution in [1.82, 2.24) is 14.5 Å². The lowest BCUT2D eigenvalue weighted by Gasteiger charge is -2.36. The monoisotopic (exact) mass is 396 g/mol. The van der Waals surface area contributed by atoms with Crippen LogP contribution < -0.4 is 15.5 Å². The molecular weight excluding hydrogens is 379 g/mol. The Labute approximate surface area is 164 Å². The summed E-state index contributed by atoms with van der Waals surface area (Å²) in [7, 11) is 0. The maximum atomic E-state index is 13.1. The molecule has 1 aromatic carbocycles. The van der Waals surface area contributed by atoms with Gasteiger partial charge in [-0.15, -0.1) is 11.3 Å². The molecule has 4 rings (SSSR count). The maximum Gasteiger partial charge on any atom is 0.352 e. The van der Waals surface area contributed by atoms with E-state index in [0.29, 0.717) is 30.5 Å². The van der Waals surface area contributed by atoms with E-state index in [1.807, 2.05) is 11.0 Å². The summed E-state index contributed by atoms with van der Waals surface area (Å²) in [4.78, 5) is 26.5. The molecule has 1 aliphatic heterocycles. The van der Waals surface area contributed by atoms with Gasteiger partial charge >= 0.3 is 5.69 Å². The van der Waals surface area contributed by atoms with Crippen LogP contribution >= 0.6 is 11.3 Å². The number of thiophene rings is 1. The number of halogens is 1. The third-order valence-electron chi connectivity index (χ3n) is 4.61. The van der Waals surface area contributed by atoms with Gasteiger partial charge in [0.15, 0.2) is 0 Å². The lowest BCUT2D eigenvalue weighted by atomic mass is 10.2. The molecule has 1 saturated heterocycles. The van der Waals surface area contributed by atoms with Crippen molar-refractivity contribution in [2.24, 2.45) is 0 Å². The molecule has 0 saturated carbocycles. The average Bonchev–Trinajstić information content (AvgIpc) is 3.18. The van der Waals surface area contributed by atoms with Crippen LogP contribution in [-0.4, -0.2) is 40.7 Å². The van der Waals surface area contributed by atoms with Gasteiger partial charge in [-0.05, 0) is 36.4 Å². The molecule has 0 atom stereocenters. The molecule has 142 valence electrons. The van der Waals surface area contributed by atoms with Crippen molar-refractivity contribution in [3.8, 4) is 6.07 Å². The van der Waals surface area contributed by atoms with E-state index in [0.717, 1.165) is 23.7 Å². The van der Waals surface area contributed by atoms with Crippen molar-refractivity contribution in [1.29, 1.82) is 5.26 Å². The number of benzene rings is 1. The third kappa shape index (κ3) is 3.87. The van der Waals surface area contributed by atoms with Gasteiger partial charge in [-0.1, -0.05) is 0 Å². The van der Waals surface area contributed by atoms with Crippen molar-refractivity contribution in [2.75, 3.05) is 36.0 Å². The standard InChI is InChI=1S/C19H17FN6OS/c20-14-1-3-15(4-2-14)24-7-9-25(10-8-24)18-22-13-26(19(27)23-18)12-17-6-5-16(11-21)28-17/h1-6,13H,7-10,12H2. The van der Waals surface area contributed by atoms with Crippen LogP contribution in [0.1, 0.15) is 9.75 Å². The molecule has 0 radical (unpaired) electrons.